The second-order valence-electron chi connectivity index (χ2n) is 5.36. The summed E-state index contributed by atoms with van der Waals surface area (Å²) in [4.78, 5) is 0. The SMILES string of the molecule is CC[Si](c1ccccc1)(c1ccccc1)c1ccccc1. The van der Waals surface area contributed by atoms with Crippen LogP contribution in [0.4, 0.5) is 0 Å². The van der Waals surface area contributed by atoms with Gasteiger partial charge in [-0.1, -0.05) is 97.9 Å². The Morgan fingerprint density at radius 3 is 1.05 bits per heavy atom. The highest BCUT2D eigenvalue weighted by molar-refractivity contribution is 7.11. The van der Waals surface area contributed by atoms with Crippen LogP contribution in [0.5, 0.6) is 0 Å². The number of benzene rings is 3. The Kier molecular flexibility index (Phi) is 4.02. The summed E-state index contributed by atoms with van der Waals surface area (Å²) in [5.74, 6) is 0. The third kappa shape index (κ3) is 2.45. The third-order valence-corrected chi connectivity index (χ3v) is 9.35. The van der Waals surface area contributed by atoms with Gasteiger partial charge < -0.3 is 0 Å². The molecule has 0 aliphatic carbocycles. The van der Waals surface area contributed by atoms with Crippen molar-refractivity contribution in [1.29, 1.82) is 0 Å². The molecule has 3 rings (SSSR count). The molecule has 0 heterocycles. The Hall–Kier alpha value is -2.12. The molecule has 3 aromatic carbocycles. The molecular weight excluding hydrogens is 268 g/mol. The summed E-state index contributed by atoms with van der Waals surface area (Å²) in [6.45, 7) is 2.33. The summed E-state index contributed by atoms with van der Waals surface area (Å²) in [5.41, 5.74) is 0. The molecule has 0 N–H and O–H groups in total. The molecule has 0 unspecified atom stereocenters. The second kappa shape index (κ2) is 6.11. The maximum Gasteiger partial charge on any atom is 0.148 e. The Labute approximate surface area is 128 Å². The van der Waals surface area contributed by atoms with Gasteiger partial charge in [0, 0.05) is 0 Å². The smallest absolute Gasteiger partial charge is 0.0669 e. The molecule has 0 atom stereocenters. The minimum Gasteiger partial charge on any atom is -0.0669 e. The summed E-state index contributed by atoms with van der Waals surface area (Å²) >= 11 is 0. The molecule has 21 heavy (non-hydrogen) atoms. The van der Waals surface area contributed by atoms with Gasteiger partial charge in [0.1, 0.15) is 8.07 Å². The maximum absolute atomic E-state index is 2.33. The fourth-order valence-corrected chi connectivity index (χ4v) is 7.79. The normalized spacial score (nSPS) is 11.3. The van der Waals surface area contributed by atoms with E-state index in [-0.39, 0.29) is 0 Å². The van der Waals surface area contributed by atoms with Crippen molar-refractivity contribution in [2.75, 3.05) is 0 Å². The van der Waals surface area contributed by atoms with Gasteiger partial charge in [0.2, 0.25) is 0 Å². The Bertz CT molecular complexity index is 578. The molecule has 0 spiro atoms. The topological polar surface area (TPSA) is 0 Å². The number of rotatable bonds is 4. The van der Waals surface area contributed by atoms with Gasteiger partial charge in [-0.15, -0.1) is 0 Å². The van der Waals surface area contributed by atoms with Crippen molar-refractivity contribution < 1.29 is 0 Å². The minimum absolute atomic E-state index is 1.17. The maximum atomic E-state index is 2.33. The van der Waals surface area contributed by atoms with Crippen molar-refractivity contribution in [2.24, 2.45) is 0 Å². The predicted octanol–water partition coefficient (Wildman–Crippen LogP) is 3.18. The van der Waals surface area contributed by atoms with Crippen LogP contribution in [0.2, 0.25) is 6.04 Å². The van der Waals surface area contributed by atoms with Gasteiger partial charge in [0.25, 0.3) is 0 Å². The lowest BCUT2D eigenvalue weighted by Crippen LogP contribution is -2.66. The third-order valence-electron chi connectivity index (χ3n) is 4.33. The van der Waals surface area contributed by atoms with Crippen LogP contribution in [0, 0.1) is 0 Å². The van der Waals surface area contributed by atoms with E-state index in [0.29, 0.717) is 0 Å². The van der Waals surface area contributed by atoms with Crippen LogP contribution < -0.4 is 15.6 Å². The van der Waals surface area contributed by atoms with E-state index in [1.54, 1.807) is 0 Å². The molecule has 0 aromatic heterocycles. The monoisotopic (exact) mass is 288 g/mol. The molecule has 0 amide bonds. The van der Waals surface area contributed by atoms with E-state index in [1.165, 1.54) is 21.6 Å². The molecule has 0 nitrogen and oxygen atoms in total. The van der Waals surface area contributed by atoms with Crippen molar-refractivity contribution in [1.82, 2.24) is 0 Å². The molecule has 1 heteroatoms. The molecule has 0 bridgehead atoms. The van der Waals surface area contributed by atoms with Crippen LogP contribution in [0.15, 0.2) is 91.0 Å². The Balaban J connectivity index is 2.29. The van der Waals surface area contributed by atoms with Crippen LogP contribution in [-0.2, 0) is 0 Å². The number of hydrogen-bond acceptors (Lipinski definition) is 0. The van der Waals surface area contributed by atoms with E-state index in [4.69, 9.17) is 0 Å². The summed E-state index contributed by atoms with van der Waals surface area (Å²) in [6.07, 6.45) is 0. The largest absolute Gasteiger partial charge is 0.148 e. The Morgan fingerprint density at radius 2 is 0.810 bits per heavy atom. The van der Waals surface area contributed by atoms with E-state index in [9.17, 15) is 0 Å². The first kappa shape index (κ1) is 13.8. The van der Waals surface area contributed by atoms with Crippen LogP contribution >= 0.6 is 0 Å². The van der Waals surface area contributed by atoms with Gasteiger partial charge in [-0.05, 0) is 21.6 Å². The van der Waals surface area contributed by atoms with Crippen molar-refractivity contribution in [2.45, 2.75) is 13.0 Å². The highest BCUT2D eigenvalue weighted by Gasteiger charge is 2.36. The molecule has 0 saturated heterocycles. The minimum atomic E-state index is -1.90. The summed E-state index contributed by atoms with van der Waals surface area (Å²) in [6, 6.07) is 34.3. The standard InChI is InChI=1S/C20H20Si/c1-2-21(18-12-6-3-7-13-18,19-14-8-4-9-15-19)20-16-10-5-11-17-20/h3-17H,2H2,1H3. The van der Waals surface area contributed by atoms with Crippen molar-refractivity contribution in [3.05, 3.63) is 91.0 Å². The second-order valence-corrected chi connectivity index (χ2v) is 9.61. The van der Waals surface area contributed by atoms with E-state index < -0.39 is 8.07 Å². The molecule has 0 aliphatic heterocycles. The van der Waals surface area contributed by atoms with Gasteiger partial charge >= 0.3 is 0 Å². The van der Waals surface area contributed by atoms with Crippen LogP contribution in [0.25, 0.3) is 0 Å². The molecule has 104 valence electrons. The Morgan fingerprint density at radius 1 is 0.524 bits per heavy atom. The zero-order valence-electron chi connectivity index (χ0n) is 12.4. The molecule has 0 saturated carbocycles. The average molecular weight is 288 g/mol. The van der Waals surface area contributed by atoms with Gasteiger partial charge in [-0.3, -0.25) is 0 Å². The fraction of sp³-hybridized carbons (Fsp3) is 0.100. The van der Waals surface area contributed by atoms with Gasteiger partial charge in [-0.25, -0.2) is 0 Å². The van der Waals surface area contributed by atoms with E-state index in [2.05, 4.69) is 97.9 Å². The molecule has 0 fully saturated rings. The molecule has 0 radical (unpaired) electrons. The predicted molar refractivity (Wildman–Crippen MR) is 94.5 cm³/mol. The summed E-state index contributed by atoms with van der Waals surface area (Å²) < 4.78 is 0. The van der Waals surface area contributed by atoms with Crippen molar-refractivity contribution in [3.8, 4) is 0 Å². The van der Waals surface area contributed by atoms with Gasteiger partial charge in [0.05, 0.1) is 0 Å². The molecule has 0 aliphatic rings. The zero-order chi connectivity index (χ0) is 14.5. The molecule has 3 aromatic rings. The van der Waals surface area contributed by atoms with Crippen LogP contribution in [0.3, 0.4) is 0 Å². The quantitative estimate of drug-likeness (QED) is 0.511. The first-order valence-corrected chi connectivity index (χ1v) is 9.75. The van der Waals surface area contributed by atoms with Gasteiger partial charge in [0.15, 0.2) is 0 Å². The summed E-state index contributed by atoms with van der Waals surface area (Å²) in [5, 5.41) is 4.47. The first-order valence-electron chi connectivity index (χ1n) is 7.54. The highest BCUT2D eigenvalue weighted by Crippen LogP contribution is 2.12. The lowest BCUT2D eigenvalue weighted by molar-refractivity contribution is 1.40. The van der Waals surface area contributed by atoms with Crippen molar-refractivity contribution >= 4 is 23.6 Å². The van der Waals surface area contributed by atoms with Crippen LogP contribution in [-0.4, -0.2) is 8.07 Å². The lowest BCUT2D eigenvalue weighted by atomic mass is 10.3. The van der Waals surface area contributed by atoms with E-state index in [0.717, 1.165) is 0 Å². The highest BCUT2D eigenvalue weighted by atomic mass is 28.3. The summed E-state index contributed by atoms with van der Waals surface area (Å²) in [7, 11) is -1.90. The average Bonchev–Trinajstić information content (AvgIpc) is 2.59. The van der Waals surface area contributed by atoms with E-state index >= 15 is 0 Å². The van der Waals surface area contributed by atoms with Gasteiger partial charge in [-0.2, -0.15) is 0 Å². The number of hydrogen-bond donors (Lipinski definition) is 0. The first-order chi connectivity index (χ1) is 10.4. The zero-order valence-corrected chi connectivity index (χ0v) is 13.4. The molecular formula is C20H20Si. The lowest BCUT2D eigenvalue weighted by Gasteiger charge is -2.32. The van der Waals surface area contributed by atoms with E-state index in [1.807, 2.05) is 0 Å². The van der Waals surface area contributed by atoms with Crippen molar-refractivity contribution in [3.63, 3.8) is 0 Å². The van der Waals surface area contributed by atoms with Crippen LogP contribution in [0.1, 0.15) is 6.92 Å². The fourth-order valence-electron chi connectivity index (χ4n) is 3.28.